The summed E-state index contributed by atoms with van der Waals surface area (Å²) in [7, 11) is 0. The molecule has 1 aromatic carbocycles. The first-order chi connectivity index (χ1) is 10.8. The number of hydrogen-bond acceptors (Lipinski definition) is 3. The van der Waals surface area contributed by atoms with E-state index in [4.69, 9.17) is 4.74 Å². The maximum Gasteiger partial charge on any atom is 0.315 e. The third-order valence-corrected chi connectivity index (χ3v) is 4.83. The Labute approximate surface area is 131 Å². The molecule has 120 valence electrons. The molecule has 1 aliphatic heterocycles. The van der Waals surface area contributed by atoms with Gasteiger partial charge >= 0.3 is 6.03 Å². The van der Waals surface area contributed by atoms with Crippen LogP contribution in [0.25, 0.3) is 0 Å². The molecule has 0 aromatic heterocycles. The molecule has 1 aromatic rings. The lowest BCUT2D eigenvalue weighted by atomic mass is 9.82. The molecule has 3 N–H and O–H groups in total. The van der Waals surface area contributed by atoms with E-state index in [1.807, 2.05) is 24.3 Å². The minimum absolute atomic E-state index is 0.0107. The molecule has 0 radical (unpaired) electrons. The van der Waals surface area contributed by atoms with Crippen molar-refractivity contribution in [1.82, 2.24) is 10.6 Å². The summed E-state index contributed by atoms with van der Waals surface area (Å²) in [5.41, 5.74) is 1.80. The second kappa shape index (κ2) is 7.11. The van der Waals surface area contributed by atoms with Gasteiger partial charge in [0, 0.05) is 25.1 Å². The van der Waals surface area contributed by atoms with E-state index in [1.54, 1.807) is 0 Å². The van der Waals surface area contributed by atoms with Crippen LogP contribution < -0.4 is 10.6 Å². The Balaban J connectivity index is 1.52. The molecule has 3 rings (SSSR count). The van der Waals surface area contributed by atoms with Crippen molar-refractivity contribution in [1.29, 1.82) is 0 Å². The summed E-state index contributed by atoms with van der Waals surface area (Å²) in [5.74, 6) is 0.462. The Morgan fingerprint density at radius 2 is 2.05 bits per heavy atom. The van der Waals surface area contributed by atoms with Crippen LogP contribution in [0, 0.1) is 5.92 Å². The Hall–Kier alpha value is -1.59. The normalized spacial score (nSPS) is 27.2. The zero-order valence-corrected chi connectivity index (χ0v) is 12.8. The summed E-state index contributed by atoms with van der Waals surface area (Å²) in [6, 6.07) is 7.68. The average Bonchev–Trinajstić information content (AvgIpc) is 3.03. The number of urea groups is 1. The van der Waals surface area contributed by atoms with Crippen molar-refractivity contribution in [3.8, 4) is 0 Å². The number of amides is 2. The van der Waals surface area contributed by atoms with Crippen LogP contribution in [0.4, 0.5) is 4.79 Å². The van der Waals surface area contributed by atoms with Crippen LogP contribution in [0.3, 0.4) is 0 Å². The van der Waals surface area contributed by atoms with Gasteiger partial charge in [-0.25, -0.2) is 4.79 Å². The lowest BCUT2D eigenvalue weighted by molar-refractivity contribution is 0.0549. The third-order valence-electron chi connectivity index (χ3n) is 4.83. The number of aliphatic hydroxyl groups is 1. The first-order valence-electron chi connectivity index (χ1n) is 8.11. The van der Waals surface area contributed by atoms with Gasteiger partial charge in [-0.15, -0.1) is 0 Å². The van der Waals surface area contributed by atoms with E-state index < -0.39 is 0 Å². The van der Waals surface area contributed by atoms with E-state index >= 15 is 0 Å². The molecule has 1 heterocycles. The zero-order chi connectivity index (χ0) is 15.4. The van der Waals surface area contributed by atoms with Gasteiger partial charge in [0.15, 0.2) is 0 Å². The molecule has 1 saturated heterocycles. The summed E-state index contributed by atoms with van der Waals surface area (Å²) in [6.07, 6.45) is 4.64. The number of aliphatic hydroxyl groups excluding tert-OH is 1. The lowest BCUT2D eigenvalue weighted by Crippen LogP contribution is -2.49. The average molecular weight is 304 g/mol. The number of fused-ring (bicyclic) bond motifs is 1. The van der Waals surface area contributed by atoms with Gasteiger partial charge in [0.2, 0.25) is 0 Å². The number of ether oxygens (including phenoxy) is 1. The lowest BCUT2D eigenvalue weighted by Gasteiger charge is -2.33. The predicted octanol–water partition coefficient (Wildman–Crippen LogP) is 1.94. The predicted molar refractivity (Wildman–Crippen MR) is 83.2 cm³/mol. The van der Waals surface area contributed by atoms with Gasteiger partial charge in [-0.2, -0.15) is 0 Å². The summed E-state index contributed by atoms with van der Waals surface area (Å²) in [6.45, 7) is 1.24. The van der Waals surface area contributed by atoms with Crippen molar-refractivity contribution in [2.45, 2.75) is 51.0 Å². The van der Waals surface area contributed by atoms with Gasteiger partial charge in [-0.05, 0) is 36.8 Å². The fourth-order valence-corrected chi connectivity index (χ4v) is 3.63. The first kappa shape index (κ1) is 15.3. The maximum atomic E-state index is 12.1. The molecule has 2 aliphatic rings. The molecule has 0 bridgehead atoms. The van der Waals surface area contributed by atoms with Crippen LogP contribution in [-0.4, -0.2) is 29.9 Å². The molecule has 22 heavy (non-hydrogen) atoms. The summed E-state index contributed by atoms with van der Waals surface area (Å²) < 4.78 is 5.73. The van der Waals surface area contributed by atoms with Crippen LogP contribution in [0.2, 0.25) is 0 Å². The van der Waals surface area contributed by atoms with Crippen LogP contribution in [0.1, 0.15) is 36.8 Å². The van der Waals surface area contributed by atoms with E-state index in [0.717, 1.165) is 43.4 Å². The SMILES string of the molecule is O=C(NCc1ccccc1CO)NC1CCCC2OCCC12. The highest BCUT2D eigenvalue weighted by Gasteiger charge is 2.38. The smallest absolute Gasteiger partial charge is 0.315 e. The molecule has 5 nitrogen and oxygen atoms in total. The second-order valence-electron chi connectivity index (χ2n) is 6.15. The monoisotopic (exact) mass is 304 g/mol. The van der Waals surface area contributed by atoms with Crippen LogP contribution in [0.15, 0.2) is 24.3 Å². The molecule has 5 heteroatoms. The van der Waals surface area contributed by atoms with Gasteiger partial charge in [-0.3, -0.25) is 0 Å². The van der Waals surface area contributed by atoms with E-state index in [9.17, 15) is 9.90 Å². The maximum absolute atomic E-state index is 12.1. The van der Waals surface area contributed by atoms with E-state index in [2.05, 4.69) is 10.6 Å². The highest BCUT2D eigenvalue weighted by atomic mass is 16.5. The second-order valence-corrected chi connectivity index (χ2v) is 6.15. The Morgan fingerprint density at radius 3 is 2.86 bits per heavy atom. The summed E-state index contributed by atoms with van der Waals surface area (Å²) in [4.78, 5) is 12.1. The van der Waals surface area contributed by atoms with Crippen molar-refractivity contribution in [3.05, 3.63) is 35.4 Å². The number of benzene rings is 1. The van der Waals surface area contributed by atoms with Crippen molar-refractivity contribution >= 4 is 6.03 Å². The van der Waals surface area contributed by atoms with E-state index in [-0.39, 0.29) is 18.7 Å². The minimum Gasteiger partial charge on any atom is -0.392 e. The van der Waals surface area contributed by atoms with E-state index in [1.165, 1.54) is 0 Å². The highest BCUT2D eigenvalue weighted by molar-refractivity contribution is 5.74. The largest absolute Gasteiger partial charge is 0.392 e. The molecule has 2 fully saturated rings. The Morgan fingerprint density at radius 1 is 1.23 bits per heavy atom. The van der Waals surface area contributed by atoms with Gasteiger partial charge in [0.25, 0.3) is 0 Å². The van der Waals surface area contributed by atoms with Crippen molar-refractivity contribution in [3.63, 3.8) is 0 Å². The molecule has 1 saturated carbocycles. The Kier molecular flexibility index (Phi) is 4.95. The molecule has 2 amide bonds. The number of carbonyl (C=O) groups is 1. The number of nitrogens with one attached hydrogen (secondary N) is 2. The van der Waals surface area contributed by atoms with Gasteiger partial charge in [0.05, 0.1) is 12.7 Å². The molecular formula is C17H24N2O3. The van der Waals surface area contributed by atoms with Crippen molar-refractivity contribution in [2.24, 2.45) is 5.92 Å². The van der Waals surface area contributed by atoms with Gasteiger partial charge < -0.3 is 20.5 Å². The van der Waals surface area contributed by atoms with Crippen molar-refractivity contribution in [2.75, 3.05) is 6.61 Å². The fraction of sp³-hybridized carbons (Fsp3) is 0.588. The van der Waals surface area contributed by atoms with Crippen LogP contribution in [-0.2, 0) is 17.9 Å². The number of carbonyl (C=O) groups excluding carboxylic acids is 1. The number of rotatable bonds is 4. The summed E-state index contributed by atoms with van der Waals surface area (Å²) >= 11 is 0. The first-order valence-corrected chi connectivity index (χ1v) is 8.11. The molecule has 1 aliphatic carbocycles. The summed E-state index contributed by atoms with van der Waals surface area (Å²) in [5, 5.41) is 15.3. The van der Waals surface area contributed by atoms with Crippen LogP contribution in [0.5, 0.6) is 0 Å². The standard InChI is InChI=1S/C17H24N2O3/c20-11-13-5-2-1-4-12(13)10-18-17(21)19-15-6-3-7-16-14(15)8-9-22-16/h1-2,4-5,14-16,20H,3,6-11H2,(H2,18,19,21). The van der Waals surface area contributed by atoms with Gasteiger partial charge in [0.1, 0.15) is 0 Å². The Bertz CT molecular complexity index is 520. The highest BCUT2D eigenvalue weighted by Crippen LogP contribution is 2.34. The fourth-order valence-electron chi connectivity index (χ4n) is 3.63. The molecular weight excluding hydrogens is 280 g/mol. The van der Waals surface area contributed by atoms with Gasteiger partial charge in [-0.1, -0.05) is 24.3 Å². The quantitative estimate of drug-likeness (QED) is 0.796. The molecule has 3 atom stereocenters. The molecule has 3 unspecified atom stereocenters. The van der Waals surface area contributed by atoms with Crippen LogP contribution >= 0.6 is 0 Å². The molecule has 0 spiro atoms. The topological polar surface area (TPSA) is 70.6 Å². The van der Waals surface area contributed by atoms with Crippen molar-refractivity contribution < 1.29 is 14.6 Å². The third kappa shape index (κ3) is 3.42. The zero-order valence-electron chi connectivity index (χ0n) is 12.8. The number of hydrogen-bond donors (Lipinski definition) is 3. The van der Waals surface area contributed by atoms with E-state index in [0.29, 0.717) is 18.6 Å². The minimum atomic E-state index is -0.134.